The summed E-state index contributed by atoms with van der Waals surface area (Å²) in [6, 6.07) is 0. The van der Waals surface area contributed by atoms with Gasteiger partial charge in [0.2, 0.25) is 0 Å². The minimum atomic E-state index is -0.878. The molecule has 1 atom stereocenters. The maximum absolute atomic E-state index is 11.1. The van der Waals surface area contributed by atoms with Gasteiger partial charge in [-0.05, 0) is 30.7 Å². The molecule has 1 N–H and O–H groups in total. The molecule has 0 radical (unpaired) electrons. The zero-order valence-electron chi connectivity index (χ0n) is 9.25. The summed E-state index contributed by atoms with van der Waals surface area (Å²) in [5.74, 6) is -0.162. The predicted octanol–water partition coefficient (Wildman–Crippen LogP) is 4.00. The fraction of sp³-hybridized carbons (Fsp3) is 0.583. The second-order valence-electron chi connectivity index (χ2n) is 4.36. The second kappa shape index (κ2) is 4.76. The number of thiophene rings is 1. The molecular formula is C12H15ClO2S. The third kappa shape index (κ3) is 2.11. The van der Waals surface area contributed by atoms with Gasteiger partial charge >= 0.3 is 5.97 Å². The van der Waals surface area contributed by atoms with Crippen molar-refractivity contribution in [3.8, 4) is 0 Å². The van der Waals surface area contributed by atoms with Crippen molar-refractivity contribution in [2.75, 3.05) is 0 Å². The minimum Gasteiger partial charge on any atom is -0.478 e. The summed E-state index contributed by atoms with van der Waals surface area (Å²) in [6.45, 7) is 2.19. The third-order valence-electron chi connectivity index (χ3n) is 3.24. The highest BCUT2D eigenvalue weighted by atomic mass is 35.5. The Bertz CT molecular complexity index is 411. The van der Waals surface area contributed by atoms with Crippen LogP contribution < -0.4 is 0 Å². The molecule has 0 saturated heterocycles. The molecule has 2 rings (SSSR count). The van der Waals surface area contributed by atoms with Gasteiger partial charge in [-0.2, -0.15) is 0 Å². The van der Waals surface area contributed by atoms with Crippen LogP contribution in [-0.2, 0) is 12.8 Å². The van der Waals surface area contributed by atoms with Crippen LogP contribution in [0.25, 0.3) is 0 Å². The summed E-state index contributed by atoms with van der Waals surface area (Å²) < 4.78 is 0.453. The van der Waals surface area contributed by atoms with Crippen molar-refractivity contribution in [1.82, 2.24) is 0 Å². The lowest BCUT2D eigenvalue weighted by Gasteiger charge is -2.21. The molecule has 0 amide bonds. The van der Waals surface area contributed by atoms with Crippen molar-refractivity contribution in [2.45, 2.75) is 39.0 Å². The molecule has 1 aromatic rings. The largest absolute Gasteiger partial charge is 0.478 e. The Balaban J connectivity index is 2.28. The molecule has 1 aliphatic rings. The fourth-order valence-electron chi connectivity index (χ4n) is 2.49. The van der Waals surface area contributed by atoms with Crippen LogP contribution >= 0.6 is 22.9 Å². The van der Waals surface area contributed by atoms with Crippen LogP contribution in [0.3, 0.4) is 0 Å². The van der Waals surface area contributed by atoms with Crippen molar-refractivity contribution in [3.63, 3.8) is 0 Å². The summed E-state index contributed by atoms with van der Waals surface area (Å²) >= 11 is 7.45. The number of carbonyl (C=O) groups is 1. The van der Waals surface area contributed by atoms with Crippen LogP contribution in [0.1, 0.15) is 47.0 Å². The van der Waals surface area contributed by atoms with E-state index in [4.69, 9.17) is 16.7 Å². The Morgan fingerprint density at radius 3 is 3.00 bits per heavy atom. The Kier molecular flexibility index (Phi) is 3.55. The Labute approximate surface area is 104 Å². The van der Waals surface area contributed by atoms with Crippen LogP contribution in [0.5, 0.6) is 0 Å². The van der Waals surface area contributed by atoms with E-state index in [0.717, 1.165) is 24.8 Å². The first-order chi connectivity index (χ1) is 7.63. The standard InChI is InChI=1S/C12H15ClO2S/c1-2-3-7-4-5-8-9(6-7)16-11(13)10(8)12(14)15/h7H,2-6H2,1H3,(H,14,15). The third-order valence-corrected chi connectivity index (χ3v) is 4.70. The first kappa shape index (κ1) is 11.9. The molecule has 4 heteroatoms. The number of fused-ring (bicyclic) bond motifs is 1. The summed E-state index contributed by atoms with van der Waals surface area (Å²) in [5.41, 5.74) is 1.35. The van der Waals surface area contributed by atoms with Crippen LogP contribution in [0.15, 0.2) is 0 Å². The number of aromatic carboxylic acids is 1. The summed E-state index contributed by atoms with van der Waals surface area (Å²) in [5, 5.41) is 9.10. The first-order valence-electron chi connectivity index (χ1n) is 5.66. The summed E-state index contributed by atoms with van der Waals surface area (Å²) in [7, 11) is 0. The quantitative estimate of drug-likeness (QED) is 0.890. The van der Waals surface area contributed by atoms with Gasteiger partial charge in [-0.1, -0.05) is 31.4 Å². The summed E-state index contributed by atoms with van der Waals surface area (Å²) in [4.78, 5) is 12.3. The van der Waals surface area contributed by atoms with E-state index < -0.39 is 5.97 Å². The normalized spacial score (nSPS) is 19.5. The molecule has 1 aromatic heterocycles. The van der Waals surface area contributed by atoms with Crippen LogP contribution in [0, 0.1) is 5.92 Å². The molecule has 2 nitrogen and oxygen atoms in total. The lowest BCUT2D eigenvalue weighted by molar-refractivity contribution is 0.0696. The minimum absolute atomic E-state index is 0.358. The van der Waals surface area contributed by atoms with E-state index >= 15 is 0 Å². The number of hydrogen-bond donors (Lipinski definition) is 1. The maximum atomic E-state index is 11.1. The average molecular weight is 259 g/mol. The lowest BCUT2D eigenvalue weighted by Crippen LogP contribution is -2.14. The van der Waals surface area contributed by atoms with Crippen molar-refractivity contribution >= 4 is 28.9 Å². The van der Waals surface area contributed by atoms with Gasteiger partial charge in [-0.3, -0.25) is 0 Å². The molecule has 0 aromatic carbocycles. The van der Waals surface area contributed by atoms with Gasteiger partial charge in [0.25, 0.3) is 0 Å². The molecule has 0 fully saturated rings. The molecule has 0 spiro atoms. The molecule has 1 aliphatic carbocycles. The van der Waals surface area contributed by atoms with Crippen molar-refractivity contribution in [1.29, 1.82) is 0 Å². The first-order valence-corrected chi connectivity index (χ1v) is 6.86. The SMILES string of the molecule is CCCC1CCc2c(sc(Cl)c2C(=O)O)C1. The number of halogens is 1. The molecule has 16 heavy (non-hydrogen) atoms. The smallest absolute Gasteiger partial charge is 0.338 e. The topological polar surface area (TPSA) is 37.3 Å². The molecule has 1 unspecified atom stereocenters. The molecular weight excluding hydrogens is 244 g/mol. The van der Waals surface area contributed by atoms with Gasteiger partial charge < -0.3 is 5.11 Å². The Morgan fingerprint density at radius 2 is 2.38 bits per heavy atom. The van der Waals surface area contributed by atoms with E-state index in [1.807, 2.05) is 0 Å². The van der Waals surface area contributed by atoms with Gasteiger partial charge in [0.05, 0.1) is 5.56 Å². The van der Waals surface area contributed by atoms with Gasteiger partial charge in [0.1, 0.15) is 4.34 Å². The van der Waals surface area contributed by atoms with E-state index in [0.29, 0.717) is 15.8 Å². The maximum Gasteiger partial charge on any atom is 0.338 e. The Morgan fingerprint density at radius 1 is 1.62 bits per heavy atom. The molecule has 0 aliphatic heterocycles. The van der Waals surface area contributed by atoms with Gasteiger partial charge in [-0.25, -0.2) is 4.79 Å². The van der Waals surface area contributed by atoms with Crippen LogP contribution in [0.4, 0.5) is 0 Å². The van der Waals surface area contributed by atoms with E-state index in [1.54, 1.807) is 0 Å². The highest BCUT2D eigenvalue weighted by molar-refractivity contribution is 7.16. The zero-order chi connectivity index (χ0) is 11.7. The highest BCUT2D eigenvalue weighted by Gasteiger charge is 2.27. The number of hydrogen-bond acceptors (Lipinski definition) is 2. The Hall–Kier alpha value is -0.540. The number of rotatable bonds is 3. The van der Waals surface area contributed by atoms with Gasteiger partial charge in [0, 0.05) is 4.88 Å². The van der Waals surface area contributed by atoms with Crippen LogP contribution in [-0.4, -0.2) is 11.1 Å². The van der Waals surface area contributed by atoms with Crippen molar-refractivity contribution in [2.24, 2.45) is 5.92 Å². The molecule has 88 valence electrons. The van der Waals surface area contributed by atoms with E-state index in [2.05, 4.69) is 6.92 Å². The van der Waals surface area contributed by atoms with Gasteiger partial charge in [-0.15, -0.1) is 11.3 Å². The van der Waals surface area contributed by atoms with Gasteiger partial charge in [0.15, 0.2) is 0 Å². The van der Waals surface area contributed by atoms with Crippen molar-refractivity contribution < 1.29 is 9.90 Å². The summed E-state index contributed by atoms with van der Waals surface area (Å²) in [6.07, 6.45) is 5.43. The number of carboxylic acid groups (broad SMARTS) is 1. The van der Waals surface area contributed by atoms with Crippen molar-refractivity contribution in [3.05, 3.63) is 20.3 Å². The second-order valence-corrected chi connectivity index (χ2v) is 6.06. The predicted molar refractivity (Wildman–Crippen MR) is 66.7 cm³/mol. The molecule has 1 heterocycles. The monoisotopic (exact) mass is 258 g/mol. The van der Waals surface area contributed by atoms with Crippen LogP contribution in [0.2, 0.25) is 4.34 Å². The lowest BCUT2D eigenvalue weighted by atomic mass is 9.85. The van der Waals surface area contributed by atoms with E-state index in [1.165, 1.54) is 29.1 Å². The number of carboxylic acids is 1. The zero-order valence-corrected chi connectivity index (χ0v) is 10.8. The van der Waals surface area contributed by atoms with E-state index in [-0.39, 0.29) is 0 Å². The molecule has 0 bridgehead atoms. The highest BCUT2D eigenvalue weighted by Crippen LogP contribution is 2.40. The van der Waals surface area contributed by atoms with E-state index in [9.17, 15) is 4.79 Å². The fourth-order valence-corrected chi connectivity index (χ4v) is 4.14. The average Bonchev–Trinajstić information content (AvgIpc) is 2.53. The molecule has 0 saturated carbocycles.